The molecule has 5 rings (SSSR count). The number of anilines is 2. The average molecular weight is 583 g/mol. The van der Waals surface area contributed by atoms with Gasteiger partial charge in [0.25, 0.3) is 11.5 Å². The quantitative estimate of drug-likeness (QED) is 0.196. The second-order valence-electron chi connectivity index (χ2n) is 9.33. The fourth-order valence-electron chi connectivity index (χ4n) is 4.42. The molecule has 1 aromatic heterocycles. The summed E-state index contributed by atoms with van der Waals surface area (Å²) < 4.78 is 3.26. The van der Waals surface area contributed by atoms with E-state index < -0.39 is 5.25 Å². The molecule has 9 heteroatoms. The zero-order valence-electron chi connectivity index (χ0n) is 22.4. The van der Waals surface area contributed by atoms with E-state index >= 15 is 0 Å². The van der Waals surface area contributed by atoms with Crippen molar-refractivity contribution in [2.24, 2.45) is 7.05 Å². The van der Waals surface area contributed by atoms with Gasteiger partial charge in [-0.15, -0.1) is 11.8 Å². The highest BCUT2D eigenvalue weighted by Gasteiger charge is 2.26. The van der Waals surface area contributed by atoms with Gasteiger partial charge in [-0.3, -0.25) is 19.1 Å². The first kappa shape index (κ1) is 28.0. The van der Waals surface area contributed by atoms with E-state index in [1.54, 1.807) is 49.0 Å². The van der Waals surface area contributed by atoms with Crippen LogP contribution in [-0.4, -0.2) is 21.2 Å². The Hall–Kier alpha value is -4.53. The fraction of sp³-hybridized carbons (Fsp3) is 0.0938. The predicted octanol–water partition coefficient (Wildman–Crippen LogP) is 6.86. The number of hydrogen-bond acceptors (Lipinski definition) is 4. The van der Waals surface area contributed by atoms with E-state index in [1.165, 1.54) is 16.4 Å². The van der Waals surface area contributed by atoms with E-state index in [0.717, 1.165) is 10.5 Å². The van der Waals surface area contributed by atoms with Gasteiger partial charge in [-0.1, -0.05) is 72.3 Å². The lowest BCUT2D eigenvalue weighted by Gasteiger charge is -2.17. The lowest BCUT2D eigenvalue weighted by molar-refractivity contribution is -0.115. The Balaban J connectivity index is 1.41. The van der Waals surface area contributed by atoms with Crippen LogP contribution >= 0.6 is 23.4 Å². The first-order valence-electron chi connectivity index (χ1n) is 12.9. The van der Waals surface area contributed by atoms with Crippen LogP contribution in [0.15, 0.2) is 119 Å². The van der Waals surface area contributed by atoms with Gasteiger partial charge in [-0.05, 0) is 61.0 Å². The van der Waals surface area contributed by atoms with Crippen LogP contribution in [0.3, 0.4) is 0 Å². The molecule has 7 nitrogen and oxygen atoms in total. The third kappa shape index (κ3) is 6.29. The molecule has 0 aliphatic rings. The van der Waals surface area contributed by atoms with Crippen LogP contribution < -0.4 is 16.2 Å². The van der Waals surface area contributed by atoms with Crippen molar-refractivity contribution in [1.29, 1.82) is 0 Å². The third-order valence-electron chi connectivity index (χ3n) is 6.58. The van der Waals surface area contributed by atoms with E-state index in [1.807, 2.05) is 78.9 Å². The lowest BCUT2D eigenvalue weighted by atomic mass is 10.1. The molecule has 5 aromatic rings. The summed E-state index contributed by atoms with van der Waals surface area (Å²) in [5.41, 5.74) is 3.05. The highest BCUT2D eigenvalue weighted by molar-refractivity contribution is 8.00. The van der Waals surface area contributed by atoms with Crippen LogP contribution in [0.25, 0.3) is 5.69 Å². The number of halogens is 1. The van der Waals surface area contributed by atoms with Crippen LogP contribution in [0, 0.1) is 6.92 Å². The van der Waals surface area contributed by atoms with Crippen LogP contribution in [0.5, 0.6) is 0 Å². The summed E-state index contributed by atoms with van der Waals surface area (Å²) >= 11 is 7.37. The molecule has 41 heavy (non-hydrogen) atoms. The minimum Gasteiger partial charge on any atom is -0.322 e. The number of carbonyl (C=O) groups is 2. The largest absolute Gasteiger partial charge is 0.322 e. The van der Waals surface area contributed by atoms with E-state index in [2.05, 4.69) is 10.6 Å². The van der Waals surface area contributed by atoms with Gasteiger partial charge in [-0.25, -0.2) is 4.68 Å². The van der Waals surface area contributed by atoms with Gasteiger partial charge in [0.1, 0.15) is 10.9 Å². The molecule has 1 atom stereocenters. The summed E-state index contributed by atoms with van der Waals surface area (Å²) in [5, 5.41) is 5.60. The van der Waals surface area contributed by atoms with E-state index in [-0.39, 0.29) is 23.1 Å². The molecular weight excluding hydrogens is 556 g/mol. The standard InChI is InChI=1S/C32H27ClN4O3S/c1-21-28(32(40)37(36(21)2)26-16-7-4-8-17-26)35-31(39)29(22-11-5-3-6-12-22)41-27-18-10-15-25(20-27)34-30(38)23-13-9-14-24(33)19-23/h3-20,29H,1-2H3,(H,34,38)(H,35,39). The number of hydrogen-bond donors (Lipinski definition) is 2. The number of amides is 2. The summed E-state index contributed by atoms with van der Waals surface area (Å²) in [6.07, 6.45) is 0. The number of aromatic nitrogens is 2. The zero-order valence-corrected chi connectivity index (χ0v) is 23.9. The number of thioether (sulfide) groups is 1. The number of nitrogens with one attached hydrogen (secondary N) is 2. The van der Waals surface area contributed by atoms with Crippen molar-refractivity contribution in [3.05, 3.63) is 141 Å². The number of benzene rings is 4. The Bertz CT molecular complexity index is 1770. The molecule has 0 bridgehead atoms. The maximum Gasteiger partial charge on any atom is 0.295 e. The Kier molecular flexibility index (Phi) is 8.42. The van der Waals surface area contributed by atoms with Gasteiger partial charge < -0.3 is 10.6 Å². The molecule has 2 N–H and O–H groups in total. The van der Waals surface area contributed by atoms with Crippen LogP contribution in [0.2, 0.25) is 5.02 Å². The Morgan fingerprint density at radius 2 is 1.51 bits per heavy atom. The molecule has 0 aliphatic carbocycles. The minimum atomic E-state index is -0.667. The zero-order chi connectivity index (χ0) is 28.9. The highest BCUT2D eigenvalue weighted by Crippen LogP contribution is 2.37. The summed E-state index contributed by atoms with van der Waals surface area (Å²) in [6.45, 7) is 1.80. The van der Waals surface area contributed by atoms with Crippen molar-refractivity contribution in [1.82, 2.24) is 9.36 Å². The maximum absolute atomic E-state index is 13.8. The molecule has 1 heterocycles. The summed E-state index contributed by atoms with van der Waals surface area (Å²) in [7, 11) is 1.78. The lowest BCUT2D eigenvalue weighted by Crippen LogP contribution is -2.25. The molecule has 2 amide bonds. The van der Waals surface area contributed by atoms with Crippen LogP contribution in [0.4, 0.5) is 11.4 Å². The Labute approximate surface area is 246 Å². The molecule has 1 unspecified atom stereocenters. The number of nitrogens with zero attached hydrogens (tertiary/aromatic N) is 2. The first-order valence-corrected chi connectivity index (χ1v) is 14.1. The molecule has 0 saturated carbocycles. The first-order chi connectivity index (χ1) is 19.8. The van der Waals surface area contributed by atoms with Crippen LogP contribution in [-0.2, 0) is 11.8 Å². The Morgan fingerprint density at radius 1 is 0.829 bits per heavy atom. The maximum atomic E-state index is 13.8. The number of para-hydroxylation sites is 1. The summed E-state index contributed by atoms with van der Waals surface area (Å²) in [6, 6.07) is 32.6. The van der Waals surface area contributed by atoms with Gasteiger partial charge in [0, 0.05) is 28.2 Å². The monoisotopic (exact) mass is 582 g/mol. The predicted molar refractivity (Wildman–Crippen MR) is 165 cm³/mol. The van der Waals surface area contributed by atoms with E-state index in [0.29, 0.717) is 27.7 Å². The highest BCUT2D eigenvalue weighted by atomic mass is 35.5. The molecular formula is C32H27ClN4O3S. The molecule has 0 aliphatic heterocycles. The SMILES string of the molecule is Cc1c(NC(=O)C(Sc2cccc(NC(=O)c3cccc(Cl)c3)c2)c2ccccc2)c(=O)n(-c2ccccc2)n1C. The van der Waals surface area contributed by atoms with Gasteiger partial charge in [0.2, 0.25) is 5.91 Å². The molecule has 4 aromatic carbocycles. The van der Waals surface area contributed by atoms with Crippen molar-refractivity contribution in [3.8, 4) is 5.69 Å². The van der Waals surface area contributed by atoms with Gasteiger partial charge in [0.15, 0.2) is 0 Å². The molecule has 0 saturated heterocycles. The summed E-state index contributed by atoms with van der Waals surface area (Å²) in [5.74, 6) is -0.623. The van der Waals surface area contributed by atoms with Crippen molar-refractivity contribution >= 4 is 46.6 Å². The van der Waals surface area contributed by atoms with Gasteiger partial charge >= 0.3 is 0 Å². The normalized spacial score (nSPS) is 11.6. The van der Waals surface area contributed by atoms with E-state index in [9.17, 15) is 14.4 Å². The van der Waals surface area contributed by atoms with Crippen molar-refractivity contribution in [3.63, 3.8) is 0 Å². The Morgan fingerprint density at radius 3 is 2.22 bits per heavy atom. The second-order valence-corrected chi connectivity index (χ2v) is 10.9. The molecule has 0 spiro atoms. The third-order valence-corrected chi connectivity index (χ3v) is 8.06. The van der Waals surface area contributed by atoms with Gasteiger partial charge in [-0.2, -0.15) is 0 Å². The molecule has 206 valence electrons. The smallest absolute Gasteiger partial charge is 0.295 e. The fourth-order valence-corrected chi connectivity index (χ4v) is 5.69. The van der Waals surface area contributed by atoms with Crippen LogP contribution in [0.1, 0.15) is 26.9 Å². The van der Waals surface area contributed by atoms with Gasteiger partial charge in [0.05, 0.1) is 11.4 Å². The van der Waals surface area contributed by atoms with Crippen molar-refractivity contribution < 1.29 is 9.59 Å². The minimum absolute atomic E-state index is 0.227. The van der Waals surface area contributed by atoms with Crippen molar-refractivity contribution in [2.75, 3.05) is 10.6 Å². The molecule has 0 fully saturated rings. The van der Waals surface area contributed by atoms with Crippen molar-refractivity contribution in [2.45, 2.75) is 17.1 Å². The molecule has 0 radical (unpaired) electrons. The van der Waals surface area contributed by atoms with E-state index in [4.69, 9.17) is 11.6 Å². The average Bonchev–Trinajstić information content (AvgIpc) is 3.19. The number of rotatable bonds is 8. The summed E-state index contributed by atoms with van der Waals surface area (Å²) in [4.78, 5) is 40.7. The second kappa shape index (κ2) is 12.3. The topological polar surface area (TPSA) is 85.1 Å². The number of carbonyl (C=O) groups excluding carboxylic acids is 2.